The highest BCUT2D eigenvalue weighted by molar-refractivity contribution is 6.48. The third-order valence-corrected chi connectivity index (χ3v) is 2.20. The number of hydrogen-bond donors (Lipinski definition) is 1. The van der Waals surface area contributed by atoms with Crippen molar-refractivity contribution in [2.75, 3.05) is 5.73 Å². The first kappa shape index (κ1) is 11.2. The van der Waals surface area contributed by atoms with Crippen LogP contribution < -0.4 is 5.73 Å². The zero-order chi connectivity index (χ0) is 7.72. The Morgan fingerprint density at radius 1 is 1.00 bits per heavy atom. The number of benzene rings is 1. The molecule has 0 aliphatic heterocycles. The van der Waals surface area contributed by atoms with E-state index in [1.807, 2.05) is 0 Å². The molecule has 0 bridgehead atoms. The first-order valence-corrected chi connectivity index (χ1v) is 3.64. The smallest absolute Gasteiger partial charge is 0.0780 e. The predicted molar refractivity (Wildman–Crippen MR) is 53.1 cm³/mol. The van der Waals surface area contributed by atoms with Gasteiger partial charge in [0.1, 0.15) is 0 Å². The van der Waals surface area contributed by atoms with E-state index in [1.165, 1.54) is 0 Å². The van der Waals surface area contributed by atoms with Gasteiger partial charge in [-0.05, 0) is 12.1 Å². The van der Waals surface area contributed by atoms with Crippen LogP contribution in [0.5, 0.6) is 0 Å². The van der Waals surface area contributed by atoms with Crippen LogP contribution in [0.4, 0.5) is 5.69 Å². The van der Waals surface area contributed by atoms with E-state index in [9.17, 15) is 0 Å². The largest absolute Gasteiger partial charge is 0.399 e. The van der Waals surface area contributed by atoms with E-state index in [1.54, 1.807) is 12.1 Å². The van der Waals surface area contributed by atoms with Gasteiger partial charge in [0.05, 0.1) is 15.1 Å². The van der Waals surface area contributed by atoms with Gasteiger partial charge >= 0.3 is 0 Å². The fourth-order valence-corrected chi connectivity index (χ4v) is 1.19. The summed E-state index contributed by atoms with van der Waals surface area (Å²) < 4.78 is 0. The second kappa shape index (κ2) is 4.27. The minimum absolute atomic E-state index is 0. The van der Waals surface area contributed by atoms with Crippen molar-refractivity contribution in [3.05, 3.63) is 27.2 Å². The molecule has 0 amide bonds. The normalized spacial score (nSPS) is 9.00. The fourth-order valence-electron chi connectivity index (χ4n) is 0.575. The van der Waals surface area contributed by atoms with Gasteiger partial charge in [-0.3, -0.25) is 0 Å². The van der Waals surface area contributed by atoms with E-state index in [2.05, 4.69) is 0 Å². The van der Waals surface area contributed by atoms with Crippen molar-refractivity contribution in [3.8, 4) is 0 Å². The van der Waals surface area contributed by atoms with Crippen LogP contribution in [0.25, 0.3) is 0 Å². The Labute approximate surface area is 85.8 Å². The molecule has 0 radical (unpaired) electrons. The molecule has 0 aliphatic carbocycles. The van der Waals surface area contributed by atoms with Gasteiger partial charge in [-0.1, -0.05) is 34.8 Å². The molecule has 5 heteroatoms. The Balaban J connectivity index is 0.000001000. The predicted octanol–water partition coefficient (Wildman–Crippen LogP) is 3.65. The van der Waals surface area contributed by atoms with Gasteiger partial charge in [-0.15, -0.1) is 12.4 Å². The van der Waals surface area contributed by atoms with Gasteiger partial charge in [0.2, 0.25) is 0 Å². The molecule has 2 N–H and O–H groups in total. The molecule has 0 unspecified atom stereocenters. The second-order valence-corrected chi connectivity index (χ2v) is 2.99. The lowest BCUT2D eigenvalue weighted by Gasteiger charge is -1.99. The van der Waals surface area contributed by atoms with E-state index in [-0.39, 0.29) is 12.4 Å². The van der Waals surface area contributed by atoms with Crippen LogP contribution in [-0.2, 0) is 0 Å². The average Bonchev–Trinajstić information content (AvgIpc) is 1.82. The molecule has 0 fully saturated rings. The maximum absolute atomic E-state index is 5.63. The van der Waals surface area contributed by atoms with Crippen LogP contribution in [0.1, 0.15) is 0 Å². The third kappa shape index (κ3) is 2.60. The Hall–Kier alpha value is 0.180. The highest BCUT2D eigenvalue weighted by Gasteiger charge is 2.02. The highest BCUT2D eigenvalue weighted by atomic mass is 35.5. The topological polar surface area (TPSA) is 26.0 Å². The van der Waals surface area contributed by atoms with Crippen molar-refractivity contribution in [2.45, 2.75) is 0 Å². The van der Waals surface area contributed by atoms with Crippen molar-refractivity contribution in [2.24, 2.45) is 0 Å². The molecule has 0 spiro atoms. The first-order chi connectivity index (χ1) is 4.61. The van der Waals surface area contributed by atoms with Gasteiger partial charge in [-0.2, -0.15) is 0 Å². The van der Waals surface area contributed by atoms with E-state index in [0.717, 1.165) is 0 Å². The minimum atomic E-state index is 0. The summed E-state index contributed by atoms with van der Waals surface area (Å²) in [4.78, 5) is 0. The summed E-state index contributed by atoms with van der Waals surface area (Å²) in [5.41, 5.74) is 5.91. The van der Waals surface area contributed by atoms with Crippen LogP contribution in [0.2, 0.25) is 15.1 Å². The molecule has 0 aliphatic rings. The number of nitrogens with two attached hydrogens (primary N) is 1. The van der Waals surface area contributed by atoms with Crippen LogP contribution >= 0.6 is 47.2 Å². The number of hydrogen-bond acceptors (Lipinski definition) is 1. The summed E-state index contributed by atoms with van der Waals surface area (Å²) in [6.07, 6.45) is 0. The van der Waals surface area contributed by atoms with Crippen molar-refractivity contribution in [1.29, 1.82) is 0 Å². The van der Waals surface area contributed by atoms with Crippen LogP contribution in [0.3, 0.4) is 0 Å². The Kier molecular flexibility index (Phi) is 4.34. The van der Waals surface area contributed by atoms with Gasteiger partial charge in [0, 0.05) is 5.69 Å². The summed E-state index contributed by atoms with van der Waals surface area (Å²) in [6, 6.07) is 3.10. The molecule has 0 aromatic heterocycles. The van der Waals surface area contributed by atoms with Crippen LogP contribution in [-0.4, -0.2) is 0 Å². The molecule has 1 aromatic rings. The lowest BCUT2D eigenvalue weighted by molar-refractivity contribution is 1.68. The third-order valence-electron chi connectivity index (χ3n) is 1.01. The van der Waals surface area contributed by atoms with Gasteiger partial charge in [-0.25, -0.2) is 0 Å². The monoisotopic (exact) mass is 231 g/mol. The highest BCUT2D eigenvalue weighted by Crippen LogP contribution is 2.31. The molecule has 0 atom stereocenters. The van der Waals surface area contributed by atoms with Crippen LogP contribution in [0, 0.1) is 0 Å². The Morgan fingerprint density at radius 3 is 1.73 bits per heavy atom. The molecular formula is C6H5Cl4N. The van der Waals surface area contributed by atoms with E-state index < -0.39 is 0 Å². The number of rotatable bonds is 0. The van der Waals surface area contributed by atoms with E-state index in [4.69, 9.17) is 40.5 Å². The molecule has 0 saturated heterocycles. The summed E-state index contributed by atoms with van der Waals surface area (Å²) >= 11 is 16.9. The Bertz CT molecular complexity index is 238. The van der Waals surface area contributed by atoms with Crippen LogP contribution in [0.15, 0.2) is 12.1 Å². The Morgan fingerprint density at radius 2 is 1.36 bits per heavy atom. The van der Waals surface area contributed by atoms with Crippen molar-refractivity contribution in [3.63, 3.8) is 0 Å². The number of anilines is 1. The average molecular weight is 233 g/mol. The van der Waals surface area contributed by atoms with Crippen molar-refractivity contribution >= 4 is 52.9 Å². The number of nitrogen functional groups attached to an aromatic ring is 1. The van der Waals surface area contributed by atoms with Gasteiger partial charge < -0.3 is 5.73 Å². The lowest BCUT2D eigenvalue weighted by Crippen LogP contribution is -1.84. The van der Waals surface area contributed by atoms with Crippen molar-refractivity contribution in [1.82, 2.24) is 0 Å². The zero-order valence-electron chi connectivity index (χ0n) is 5.27. The molecule has 1 nitrogen and oxygen atoms in total. The van der Waals surface area contributed by atoms with Gasteiger partial charge in [0.15, 0.2) is 0 Å². The molecule has 1 rings (SSSR count). The molecular weight excluding hydrogens is 228 g/mol. The molecule has 1 aromatic carbocycles. The maximum Gasteiger partial charge on any atom is 0.0780 e. The lowest BCUT2D eigenvalue weighted by atomic mass is 10.3. The number of halogens is 4. The van der Waals surface area contributed by atoms with E-state index >= 15 is 0 Å². The summed E-state index contributed by atoms with van der Waals surface area (Å²) in [5, 5.41) is 1.11. The maximum atomic E-state index is 5.63. The summed E-state index contributed by atoms with van der Waals surface area (Å²) in [6.45, 7) is 0. The fraction of sp³-hybridized carbons (Fsp3) is 0. The molecule has 62 valence electrons. The summed E-state index contributed by atoms with van der Waals surface area (Å²) in [5.74, 6) is 0. The molecule has 11 heavy (non-hydrogen) atoms. The first-order valence-electron chi connectivity index (χ1n) is 2.51. The molecule has 0 heterocycles. The molecule has 0 saturated carbocycles. The summed E-state index contributed by atoms with van der Waals surface area (Å²) in [7, 11) is 0. The van der Waals surface area contributed by atoms with E-state index in [0.29, 0.717) is 20.8 Å². The standard InChI is InChI=1S/C6H4Cl3N.ClH/c7-4-1-3(10)2-5(8)6(4)9;/h1-2H,10H2;1H. The SMILES string of the molecule is Cl.Nc1cc(Cl)c(Cl)c(Cl)c1. The second-order valence-electron chi connectivity index (χ2n) is 1.80. The van der Waals surface area contributed by atoms with Gasteiger partial charge in [0.25, 0.3) is 0 Å². The quantitative estimate of drug-likeness (QED) is 0.537. The van der Waals surface area contributed by atoms with Crippen molar-refractivity contribution < 1.29 is 0 Å². The minimum Gasteiger partial charge on any atom is -0.399 e. The zero-order valence-corrected chi connectivity index (χ0v) is 8.36.